The number of aromatic amines is 1. The lowest BCUT2D eigenvalue weighted by Crippen LogP contribution is -2.38. The van der Waals surface area contributed by atoms with Gasteiger partial charge < -0.3 is 24.6 Å². The number of H-pyrrole nitrogens is 1. The highest BCUT2D eigenvalue weighted by Crippen LogP contribution is 2.35. The Bertz CT molecular complexity index is 1340. The predicted octanol–water partition coefficient (Wildman–Crippen LogP) is 4.26. The number of aliphatic hydroxyl groups excluding tert-OH is 1. The van der Waals surface area contributed by atoms with Crippen LogP contribution in [0.15, 0.2) is 54.7 Å². The summed E-state index contributed by atoms with van der Waals surface area (Å²) in [5.74, 6) is 1.84. The van der Waals surface area contributed by atoms with Crippen LogP contribution in [0.1, 0.15) is 18.4 Å². The van der Waals surface area contributed by atoms with E-state index in [1.807, 2.05) is 18.2 Å². The number of nitrogens with one attached hydrogen (secondary N) is 2. The molecule has 0 bridgehead atoms. The van der Waals surface area contributed by atoms with E-state index < -0.39 is 0 Å². The minimum absolute atomic E-state index is 0.195. The number of pyridine rings is 1. The molecule has 3 heterocycles. The lowest BCUT2D eigenvalue weighted by molar-refractivity contribution is 0.0752. The van der Waals surface area contributed by atoms with Crippen molar-refractivity contribution in [1.29, 1.82) is 0 Å². The largest absolute Gasteiger partial charge is 0.493 e. The fourth-order valence-corrected chi connectivity index (χ4v) is 4.34. The number of piperidine rings is 1. The maximum atomic E-state index is 13.5. The highest BCUT2D eigenvalue weighted by molar-refractivity contribution is 5.95. The number of methoxy groups -OCH3 is 1. The molecule has 0 spiro atoms. The van der Waals surface area contributed by atoms with Crippen LogP contribution < -0.4 is 19.5 Å². The molecule has 194 valence electrons. The van der Waals surface area contributed by atoms with E-state index in [4.69, 9.17) is 14.2 Å². The summed E-state index contributed by atoms with van der Waals surface area (Å²) in [4.78, 5) is 6.79. The average Bonchev–Trinajstić information content (AvgIpc) is 3.33. The molecule has 2 aromatic heterocycles. The molecule has 1 aliphatic rings. The molecular formula is C27H30FN5O4. The monoisotopic (exact) mass is 507 g/mol. The fraction of sp³-hybridized carbons (Fsp3) is 0.333. The van der Waals surface area contributed by atoms with Gasteiger partial charge in [0.1, 0.15) is 30.2 Å². The van der Waals surface area contributed by atoms with Crippen LogP contribution in [0.5, 0.6) is 17.4 Å². The second kappa shape index (κ2) is 11.4. The Hall–Kier alpha value is -3.89. The van der Waals surface area contributed by atoms with Crippen LogP contribution in [-0.2, 0) is 6.61 Å². The molecule has 1 aliphatic heterocycles. The van der Waals surface area contributed by atoms with Gasteiger partial charge in [0.15, 0.2) is 11.5 Å². The number of benzene rings is 2. The summed E-state index contributed by atoms with van der Waals surface area (Å²) in [5.41, 5.74) is 2.27. The van der Waals surface area contributed by atoms with Crippen molar-refractivity contribution in [3.8, 4) is 17.4 Å². The van der Waals surface area contributed by atoms with Gasteiger partial charge in [-0.15, -0.1) is 5.10 Å². The van der Waals surface area contributed by atoms with Gasteiger partial charge in [0, 0.05) is 37.6 Å². The van der Waals surface area contributed by atoms with Crippen LogP contribution in [0.2, 0.25) is 0 Å². The van der Waals surface area contributed by atoms with Crippen molar-refractivity contribution in [3.05, 3.63) is 66.1 Å². The standard InChI is InChI=1S/C27H30FN5O4/c1-35-24-16-20(5-6-23(24)37-17-18-3-2-4-19(28)15-18)30-26-25-22(7-10-29-26)31-32-27(25)36-14-13-33-11-8-21(34)9-12-33/h2-7,10,15-16,21,34H,8-9,11-14,17H2,1H3,(H,29,30)(H,31,32). The molecule has 4 aromatic rings. The second-order valence-electron chi connectivity index (χ2n) is 8.94. The zero-order chi connectivity index (χ0) is 25.6. The first kappa shape index (κ1) is 24.8. The lowest BCUT2D eigenvalue weighted by atomic mass is 10.1. The normalized spacial score (nSPS) is 14.6. The van der Waals surface area contributed by atoms with E-state index in [-0.39, 0.29) is 18.5 Å². The van der Waals surface area contributed by atoms with Gasteiger partial charge in [-0.25, -0.2) is 9.37 Å². The van der Waals surface area contributed by atoms with Crippen LogP contribution in [-0.4, -0.2) is 64.6 Å². The number of aromatic nitrogens is 3. The molecule has 37 heavy (non-hydrogen) atoms. The second-order valence-corrected chi connectivity index (χ2v) is 8.94. The summed E-state index contributed by atoms with van der Waals surface area (Å²) in [5, 5.41) is 21.1. The molecular weight excluding hydrogens is 477 g/mol. The molecule has 0 atom stereocenters. The summed E-state index contributed by atoms with van der Waals surface area (Å²) in [6.45, 7) is 3.19. The van der Waals surface area contributed by atoms with E-state index in [1.54, 1.807) is 31.5 Å². The molecule has 9 nitrogen and oxygen atoms in total. The minimum atomic E-state index is -0.303. The molecule has 1 fully saturated rings. The molecule has 0 amide bonds. The first-order valence-electron chi connectivity index (χ1n) is 12.3. The first-order valence-corrected chi connectivity index (χ1v) is 12.3. The van der Waals surface area contributed by atoms with Gasteiger partial charge in [-0.05, 0) is 48.7 Å². The Morgan fingerprint density at radius 2 is 1.97 bits per heavy atom. The van der Waals surface area contributed by atoms with Gasteiger partial charge in [0.25, 0.3) is 0 Å². The number of likely N-dealkylation sites (tertiary alicyclic amines) is 1. The summed E-state index contributed by atoms with van der Waals surface area (Å²) in [6.07, 6.45) is 3.09. The van der Waals surface area contributed by atoms with Crippen molar-refractivity contribution in [2.75, 3.05) is 38.7 Å². The van der Waals surface area contributed by atoms with Crippen LogP contribution in [0.3, 0.4) is 0 Å². The number of rotatable bonds is 10. The molecule has 0 unspecified atom stereocenters. The maximum Gasteiger partial charge on any atom is 0.244 e. The van der Waals surface area contributed by atoms with Crippen molar-refractivity contribution in [1.82, 2.24) is 20.1 Å². The molecule has 3 N–H and O–H groups in total. The summed E-state index contributed by atoms with van der Waals surface area (Å²) >= 11 is 0. The Kier molecular flexibility index (Phi) is 7.67. The van der Waals surface area contributed by atoms with Gasteiger partial charge in [0.05, 0.1) is 18.7 Å². The number of nitrogens with zero attached hydrogens (tertiary/aromatic N) is 3. The zero-order valence-corrected chi connectivity index (χ0v) is 20.6. The van der Waals surface area contributed by atoms with Gasteiger partial charge in [0.2, 0.25) is 5.88 Å². The lowest BCUT2D eigenvalue weighted by Gasteiger charge is -2.29. The average molecular weight is 508 g/mol. The van der Waals surface area contributed by atoms with Crippen LogP contribution in [0, 0.1) is 5.82 Å². The van der Waals surface area contributed by atoms with Gasteiger partial charge in [-0.1, -0.05) is 12.1 Å². The van der Waals surface area contributed by atoms with E-state index >= 15 is 0 Å². The Labute approximate surface area is 214 Å². The summed E-state index contributed by atoms with van der Waals surface area (Å²) in [6, 6.07) is 13.6. The number of ether oxygens (including phenoxy) is 3. The topological polar surface area (TPSA) is 105 Å². The van der Waals surface area contributed by atoms with E-state index in [0.29, 0.717) is 29.8 Å². The fourth-order valence-electron chi connectivity index (χ4n) is 4.34. The summed E-state index contributed by atoms with van der Waals surface area (Å²) < 4.78 is 30.9. The van der Waals surface area contributed by atoms with Crippen LogP contribution in [0.4, 0.5) is 15.9 Å². The Morgan fingerprint density at radius 3 is 2.78 bits per heavy atom. The number of hydrogen-bond donors (Lipinski definition) is 3. The first-order chi connectivity index (χ1) is 18.1. The van der Waals surface area contributed by atoms with Crippen molar-refractivity contribution in [3.63, 3.8) is 0 Å². The Balaban J connectivity index is 1.27. The number of fused-ring (bicyclic) bond motifs is 1. The molecule has 10 heteroatoms. The summed E-state index contributed by atoms with van der Waals surface area (Å²) in [7, 11) is 1.57. The molecule has 0 saturated carbocycles. The number of halogens is 1. The number of hydrogen-bond acceptors (Lipinski definition) is 8. The van der Waals surface area contributed by atoms with Crippen molar-refractivity contribution in [2.24, 2.45) is 0 Å². The molecule has 1 saturated heterocycles. The Morgan fingerprint density at radius 1 is 1.11 bits per heavy atom. The van der Waals surface area contributed by atoms with Crippen molar-refractivity contribution in [2.45, 2.75) is 25.6 Å². The molecule has 0 aliphatic carbocycles. The maximum absolute atomic E-state index is 13.5. The number of aliphatic hydroxyl groups is 1. The third kappa shape index (κ3) is 6.10. The van der Waals surface area contributed by atoms with E-state index in [2.05, 4.69) is 25.4 Å². The van der Waals surface area contributed by atoms with Crippen LogP contribution >= 0.6 is 0 Å². The smallest absolute Gasteiger partial charge is 0.244 e. The third-order valence-corrected chi connectivity index (χ3v) is 6.36. The third-order valence-electron chi connectivity index (χ3n) is 6.36. The molecule has 5 rings (SSSR count). The van der Waals surface area contributed by atoms with E-state index in [1.165, 1.54) is 12.1 Å². The minimum Gasteiger partial charge on any atom is -0.493 e. The number of anilines is 2. The predicted molar refractivity (Wildman–Crippen MR) is 138 cm³/mol. The quantitative estimate of drug-likeness (QED) is 0.293. The van der Waals surface area contributed by atoms with Crippen LogP contribution in [0.25, 0.3) is 10.9 Å². The van der Waals surface area contributed by atoms with Crippen molar-refractivity contribution >= 4 is 22.4 Å². The zero-order valence-electron chi connectivity index (χ0n) is 20.6. The molecule has 0 radical (unpaired) electrons. The highest BCUT2D eigenvalue weighted by atomic mass is 19.1. The SMILES string of the molecule is COc1cc(Nc2nccc3[nH]nc(OCCN4CCC(O)CC4)c23)ccc1OCc1cccc(F)c1. The van der Waals surface area contributed by atoms with Gasteiger partial charge in [-0.2, -0.15) is 0 Å². The van der Waals surface area contributed by atoms with Gasteiger partial charge in [-0.3, -0.25) is 10.00 Å². The van der Waals surface area contributed by atoms with E-state index in [9.17, 15) is 9.50 Å². The highest BCUT2D eigenvalue weighted by Gasteiger charge is 2.18. The van der Waals surface area contributed by atoms with Gasteiger partial charge >= 0.3 is 0 Å². The van der Waals surface area contributed by atoms with E-state index in [0.717, 1.165) is 54.6 Å². The molecule has 2 aromatic carbocycles. The van der Waals surface area contributed by atoms with Crippen molar-refractivity contribution < 1.29 is 23.7 Å².